The van der Waals surface area contributed by atoms with Crippen LogP contribution in [0, 0.1) is 0 Å². The van der Waals surface area contributed by atoms with Gasteiger partial charge in [0.25, 0.3) is 5.91 Å². The topological polar surface area (TPSA) is 152 Å². The number of benzene rings is 3. The lowest BCUT2D eigenvalue weighted by atomic mass is 10.1. The van der Waals surface area contributed by atoms with Crippen LogP contribution in [-0.4, -0.2) is 50.8 Å². The fraction of sp³-hybridized carbons (Fsp3) is 0.167. The Morgan fingerprint density at radius 1 is 0.810 bits per heavy atom. The molecule has 4 aromatic rings. The van der Waals surface area contributed by atoms with Crippen LogP contribution in [0.4, 0.5) is 0 Å². The van der Waals surface area contributed by atoms with Crippen molar-refractivity contribution in [3.05, 3.63) is 125 Å². The second kappa shape index (κ2) is 12.3. The third kappa shape index (κ3) is 7.34. The molecule has 0 spiro atoms. The van der Waals surface area contributed by atoms with Crippen LogP contribution in [-0.2, 0) is 39.6 Å². The molecule has 216 valence electrons. The Kier molecular flexibility index (Phi) is 8.59. The summed E-state index contributed by atoms with van der Waals surface area (Å²) in [6.45, 7) is 1.26. The number of aromatic nitrogens is 1. The van der Waals surface area contributed by atoms with Crippen molar-refractivity contribution in [3.8, 4) is 0 Å². The number of hydrogen-bond acceptors (Lipinski definition) is 7. The first-order valence-electron chi connectivity index (χ1n) is 13.1. The molecule has 3 N–H and O–H groups in total. The number of amides is 1. The van der Waals surface area contributed by atoms with Crippen LogP contribution in [0.2, 0.25) is 0 Å². The van der Waals surface area contributed by atoms with Gasteiger partial charge in [0.15, 0.2) is 0 Å². The van der Waals surface area contributed by atoms with Gasteiger partial charge < -0.3 is 5.32 Å². The molecule has 0 bridgehead atoms. The molecule has 10 nitrogen and oxygen atoms in total. The van der Waals surface area contributed by atoms with Crippen molar-refractivity contribution < 1.29 is 21.6 Å². The van der Waals surface area contributed by atoms with Crippen molar-refractivity contribution in [2.24, 2.45) is 10.1 Å². The summed E-state index contributed by atoms with van der Waals surface area (Å²) in [5, 5.41) is 7.97. The van der Waals surface area contributed by atoms with Gasteiger partial charge in [-0.1, -0.05) is 42.5 Å². The van der Waals surface area contributed by atoms with E-state index in [1.807, 2.05) is 6.07 Å². The Balaban J connectivity index is 1.24. The molecule has 0 aliphatic carbocycles. The van der Waals surface area contributed by atoms with E-state index in [2.05, 4.69) is 15.3 Å². The monoisotopic (exact) mass is 603 g/mol. The highest BCUT2D eigenvalue weighted by Crippen LogP contribution is 2.23. The van der Waals surface area contributed by atoms with Gasteiger partial charge in [0.1, 0.15) is 0 Å². The molecule has 0 radical (unpaired) electrons. The number of rotatable bonds is 12. The SMILES string of the molecule is NS(=O)(=O)c1ccc(CCNC(=O)c2ccc(CN(Cc3cccnc3)S(=O)(=O)c3ccc(C4=NC4)cc3)cc2)cc1. The number of carbonyl (C=O) groups is 1. The lowest BCUT2D eigenvalue weighted by molar-refractivity contribution is 0.0954. The average molecular weight is 604 g/mol. The highest BCUT2D eigenvalue weighted by molar-refractivity contribution is 7.89. The Bertz CT molecular complexity index is 1810. The van der Waals surface area contributed by atoms with Gasteiger partial charge in [0, 0.05) is 37.6 Å². The predicted molar refractivity (Wildman–Crippen MR) is 159 cm³/mol. The summed E-state index contributed by atoms with van der Waals surface area (Å²) in [7, 11) is -7.60. The number of nitrogens with two attached hydrogens (primary N) is 1. The number of primary sulfonamides is 1. The smallest absolute Gasteiger partial charge is 0.251 e. The molecule has 1 amide bonds. The van der Waals surface area contributed by atoms with E-state index in [9.17, 15) is 21.6 Å². The maximum absolute atomic E-state index is 13.7. The lowest BCUT2D eigenvalue weighted by Crippen LogP contribution is -2.30. The van der Waals surface area contributed by atoms with Gasteiger partial charge in [-0.05, 0) is 71.1 Å². The largest absolute Gasteiger partial charge is 0.352 e. The third-order valence-corrected chi connectivity index (χ3v) is 9.48. The Morgan fingerprint density at radius 3 is 2.02 bits per heavy atom. The van der Waals surface area contributed by atoms with E-state index in [1.165, 1.54) is 16.4 Å². The van der Waals surface area contributed by atoms with Crippen molar-refractivity contribution in [1.29, 1.82) is 0 Å². The fourth-order valence-electron chi connectivity index (χ4n) is 4.35. The summed E-state index contributed by atoms with van der Waals surface area (Å²) in [6, 6.07) is 23.3. The van der Waals surface area contributed by atoms with E-state index in [-0.39, 0.29) is 28.8 Å². The molecule has 1 aliphatic rings. The van der Waals surface area contributed by atoms with Gasteiger partial charge in [0.05, 0.1) is 22.0 Å². The minimum absolute atomic E-state index is 0.0316. The van der Waals surface area contributed by atoms with Crippen LogP contribution in [0.15, 0.2) is 112 Å². The van der Waals surface area contributed by atoms with Gasteiger partial charge in [0.2, 0.25) is 20.0 Å². The van der Waals surface area contributed by atoms with E-state index in [0.717, 1.165) is 28.0 Å². The van der Waals surface area contributed by atoms with Gasteiger partial charge in [-0.15, -0.1) is 0 Å². The summed E-state index contributed by atoms with van der Waals surface area (Å²) in [5.41, 5.74) is 4.64. The number of pyridine rings is 1. The number of carbonyl (C=O) groups excluding carboxylic acids is 1. The summed E-state index contributed by atoms with van der Waals surface area (Å²) in [4.78, 5) is 21.2. The normalized spacial score (nSPS) is 13.0. The third-order valence-electron chi connectivity index (χ3n) is 6.75. The highest BCUT2D eigenvalue weighted by Gasteiger charge is 2.26. The van der Waals surface area contributed by atoms with Gasteiger partial charge in [-0.2, -0.15) is 4.31 Å². The molecular formula is C30H29N5O5S2. The van der Waals surface area contributed by atoms with Crippen LogP contribution in [0.5, 0.6) is 0 Å². The van der Waals surface area contributed by atoms with Crippen molar-refractivity contribution in [2.75, 3.05) is 13.1 Å². The highest BCUT2D eigenvalue weighted by atomic mass is 32.2. The van der Waals surface area contributed by atoms with Crippen molar-refractivity contribution in [3.63, 3.8) is 0 Å². The minimum Gasteiger partial charge on any atom is -0.352 e. The van der Waals surface area contributed by atoms with E-state index >= 15 is 0 Å². The Hall–Kier alpha value is -4.23. The van der Waals surface area contributed by atoms with E-state index in [4.69, 9.17) is 5.14 Å². The molecule has 0 atom stereocenters. The van der Waals surface area contributed by atoms with Gasteiger partial charge >= 0.3 is 0 Å². The first-order chi connectivity index (χ1) is 20.1. The van der Waals surface area contributed by atoms with Gasteiger partial charge in [-0.3, -0.25) is 14.8 Å². The summed E-state index contributed by atoms with van der Waals surface area (Å²) in [5.74, 6) is -0.275. The van der Waals surface area contributed by atoms with Gasteiger partial charge in [-0.25, -0.2) is 22.0 Å². The van der Waals surface area contributed by atoms with Crippen molar-refractivity contribution in [1.82, 2.24) is 14.6 Å². The Labute approximate surface area is 245 Å². The van der Waals surface area contributed by atoms with Crippen molar-refractivity contribution in [2.45, 2.75) is 29.3 Å². The number of nitrogens with zero attached hydrogens (tertiary/aromatic N) is 3. The van der Waals surface area contributed by atoms with Crippen LogP contribution >= 0.6 is 0 Å². The first-order valence-corrected chi connectivity index (χ1v) is 16.1. The zero-order valence-corrected chi connectivity index (χ0v) is 24.2. The maximum Gasteiger partial charge on any atom is 0.251 e. The van der Waals surface area contributed by atoms with Crippen LogP contribution in [0.3, 0.4) is 0 Å². The molecule has 0 saturated carbocycles. The van der Waals surface area contributed by atoms with E-state index in [1.54, 1.807) is 79.1 Å². The van der Waals surface area contributed by atoms with E-state index < -0.39 is 20.0 Å². The van der Waals surface area contributed by atoms with Crippen LogP contribution in [0.1, 0.15) is 32.6 Å². The van der Waals surface area contributed by atoms with E-state index in [0.29, 0.717) is 25.1 Å². The quantitative estimate of drug-likeness (QED) is 0.254. The van der Waals surface area contributed by atoms with Crippen LogP contribution in [0.25, 0.3) is 0 Å². The molecule has 42 heavy (non-hydrogen) atoms. The molecule has 2 heterocycles. The predicted octanol–water partition coefficient (Wildman–Crippen LogP) is 2.90. The number of hydrogen-bond donors (Lipinski definition) is 2. The molecular weight excluding hydrogens is 574 g/mol. The molecule has 12 heteroatoms. The molecule has 5 rings (SSSR count). The molecule has 1 aliphatic heterocycles. The number of aliphatic imine (C=N–C) groups is 1. The number of nitrogens with one attached hydrogen (secondary N) is 1. The van der Waals surface area contributed by atoms with Crippen molar-refractivity contribution >= 4 is 31.7 Å². The molecule has 1 aromatic heterocycles. The molecule has 0 unspecified atom stereocenters. The molecule has 0 saturated heterocycles. The fourth-order valence-corrected chi connectivity index (χ4v) is 6.28. The standard InChI is InChI=1S/C30H29N5O5S2/c31-41(37,38)27-11-5-22(6-12-27)15-17-33-30(36)26-7-3-23(4-8-26)20-35(21-24-2-1-16-32-18-24)42(39,40)28-13-9-25(10-14-28)29-19-34-29/h1-14,16,18H,15,17,19-21H2,(H,33,36)(H2,31,37,38). The summed E-state index contributed by atoms with van der Waals surface area (Å²) >= 11 is 0. The molecule has 3 aromatic carbocycles. The first kappa shape index (κ1) is 29.3. The zero-order chi connectivity index (χ0) is 29.7. The van der Waals surface area contributed by atoms with Crippen LogP contribution < -0.4 is 10.5 Å². The maximum atomic E-state index is 13.7. The zero-order valence-electron chi connectivity index (χ0n) is 22.5. The second-order valence-corrected chi connectivity index (χ2v) is 13.3. The molecule has 0 fully saturated rings. The lowest BCUT2D eigenvalue weighted by Gasteiger charge is -2.23. The minimum atomic E-state index is -3.85. The number of sulfonamides is 2. The average Bonchev–Trinajstić information content (AvgIpc) is 3.83. The summed E-state index contributed by atoms with van der Waals surface area (Å²) in [6.07, 6.45) is 3.78. The Morgan fingerprint density at radius 2 is 1.43 bits per heavy atom. The second-order valence-electron chi connectivity index (χ2n) is 9.81. The summed E-state index contributed by atoms with van der Waals surface area (Å²) < 4.78 is 51.6.